The van der Waals surface area contributed by atoms with E-state index in [-0.39, 0.29) is 36.2 Å². The maximum Gasteiger partial charge on any atom is 0.315 e. The van der Waals surface area contributed by atoms with Gasteiger partial charge in [0.15, 0.2) is 0 Å². The molecule has 472 valence electrons. The Morgan fingerprint density at radius 1 is 0.747 bits per heavy atom. The zero-order valence-corrected chi connectivity index (χ0v) is 51.7. The molecule has 3 amide bonds. The summed E-state index contributed by atoms with van der Waals surface area (Å²) < 4.78 is 67.8. The van der Waals surface area contributed by atoms with E-state index in [1.165, 1.54) is 15.4 Å². The standard InChI is InChI=1S/C58H97ClN8O14S2/c1-44-45(2)83-57(63-44)47-9-13-49(14-10-47)67-41-53(81-42-50(67)39-46-7-11-48(59)12-8-46)51(60)40-66(61)16-18-71-20-22-73-24-26-75-28-30-77-32-34-79-36-38-80-37-35-78-33-31-76-29-27-74-25-23-72-21-19-70-17-15-62-55(68)6-4-3-5-54-56-52(43-82-54)64-58(69)65-56/h7-8,11-12,40,47,49-50,52-54,56H,3-6,9-10,13-39,41-43,60-61H2,1-2H3,(H,62,68)(H2,64,65,69)/b51-40-/t47?,49?,50-,52-,53+,54-,56-/m0/s1. The maximum atomic E-state index is 12.1. The summed E-state index contributed by atoms with van der Waals surface area (Å²) in [5.74, 6) is 7.87. The minimum absolute atomic E-state index is 0.0391. The first-order chi connectivity index (χ1) is 40.6. The number of hydrogen-bond acceptors (Lipinski definition) is 21. The molecule has 25 heteroatoms. The Bertz CT molecular complexity index is 2060. The van der Waals surface area contributed by atoms with E-state index < -0.39 is 0 Å². The number of nitrogens with one attached hydrogen (secondary N) is 3. The Morgan fingerprint density at radius 3 is 1.78 bits per heavy atom. The predicted octanol–water partition coefficient (Wildman–Crippen LogP) is 4.75. The zero-order valence-electron chi connectivity index (χ0n) is 49.3. The number of ether oxygens (including phenoxy) is 12. The lowest BCUT2D eigenvalue weighted by atomic mass is 9.84. The van der Waals surface area contributed by atoms with Crippen molar-refractivity contribution in [2.45, 2.75) is 113 Å². The highest BCUT2D eigenvalue weighted by atomic mass is 35.5. The average Bonchev–Trinajstić information content (AvgIpc) is 4.41. The fraction of sp³-hybridized carbons (Fsp3) is 0.776. The molecule has 4 fully saturated rings. The molecule has 1 aromatic carbocycles. The smallest absolute Gasteiger partial charge is 0.315 e. The number of morpholine rings is 1. The van der Waals surface area contributed by atoms with Crippen LogP contribution in [0, 0.1) is 13.8 Å². The zero-order chi connectivity index (χ0) is 58.5. The monoisotopic (exact) mass is 1230 g/mol. The maximum absolute atomic E-state index is 12.1. The van der Waals surface area contributed by atoms with Gasteiger partial charge in [-0.3, -0.25) is 9.69 Å². The van der Waals surface area contributed by atoms with Crippen molar-refractivity contribution in [1.29, 1.82) is 0 Å². The SMILES string of the molecule is Cc1nc(C2CCC(N3C[C@H](/C(N)=C/N(N)CCOCCOCCOCCOCCOCCOCCOCCOCCOCCOCCOCCNC(=O)CCCC[C@@H]4SC[C@@H]5NC(=O)N[C@@H]54)OC[C@@H]3Cc3ccc(Cl)cc3)CC2)sc1C. The molecule has 2 aromatic rings. The number of nitrogens with zero attached hydrogens (tertiary/aromatic N) is 3. The molecule has 0 unspecified atom stereocenters. The van der Waals surface area contributed by atoms with Gasteiger partial charge >= 0.3 is 6.03 Å². The van der Waals surface area contributed by atoms with Crippen LogP contribution in [0.25, 0.3) is 0 Å². The first-order valence-corrected chi connectivity index (χ1v) is 32.2. The summed E-state index contributed by atoms with van der Waals surface area (Å²) in [5.41, 5.74) is 9.67. The number of carbonyl (C=O) groups excluding carboxylic acids is 2. The van der Waals surface area contributed by atoms with E-state index in [9.17, 15) is 9.59 Å². The van der Waals surface area contributed by atoms with Crippen molar-refractivity contribution < 1.29 is 66.4 Å². The van der Waals surface area contributed by atoms with Gasteiger partial charge in [0.25, 0.3) is 0 Å². The Morgan fingerprint density at radius 2 is 1.27 bits per heavy atom. The molecule has 6 rings (SSSR count). The molecule has 1 saturated carbocycles. The minimum Gasteiger partial charge on any atom is -0.399 e. The number of urea groups is 1. The van der Waals surface area contributed by atoms with E-state index in [0.29, 0.717) is 201 Å². The van der Waals surface area contributed by atoms with Gasteiger partial charge in [0, 0.05) is 64.6 Å². The quantitative estimate of drug-likeness (QED) is 0.0259. The molecular formula is C58H97ClN8O14S2. The van der Waals surface area contributed by atoms with Crippen LogP contribution in [-0.4, -0.2) is 240 Å². The first kappa shape index (κ1) is 69.1. The summed E-state index contributed by atoms with van der Waals surface area (Å²) in [6.45, 7) is 16.8. The van der Waals surface area contributed by atoms with Crippen molar-refractivity contribution in [2.24, 2.45) is 11.6 Å². The summed E-state index contributed by atoms with van der Waals surface area (Å²) in [6, 6.07) is 9.22. The van der Waals surface area contributed by atoms with Crippen LogP contribution < -0.4 is 27.5 Å². The van der Waals surface area contributed by atoms with Gasteiger partial charge in [0.2, 0.25) is 5.91 Å². The molecule has 3 aliphatic heterocycles. The number of unbranched alkanes of at least 4 members (excludes halogenated alkanes) is 1. The van der Waals surface area contributed by atoms with Gasteiger partial charge in [0.1, 0.15) is 6.10 Å². The van der Waals surface area contributed by atoms with E-state index in [2.05, 4.69) is 46.8 Å². The second-order valence-electron chi connectivity index (χ2n) is 21.0. The van der Waals surface area contributed by atoms with Crippen molar-refractivity contribution >= 4 is 46.6 Å². The molecule has 22 nitrogen and oxygen atoms in total. The minimum atomic E-state index is -0.255. The normalized spacial score (nSPS) is 22.0. The van der Waals surface area contributed by atoms with E-state index in [1.54, 1.807) is 11.2 Å². The fourth-order valence-electron chi connectivity index (χ4n) is 10.2. The molecule has 5 atom stereocenters. The molecule has 1 aliphatic carbocycles. The third-order valence-electron chi connectivity index (χ3n) is 14.8. The number of thiazole rings is 1. The number of benzene rings is 1. The highest BCUT2D eigenvalue weighted by molar-refractivity contribution is 8.00. The molecule has 4 heterocycles. The number of carbonyl (C=O) groups is 2. The van der Waals surface area contributed by atoms with Gasteiger partial charge in [-0.05, 0) is 76.5 Å². The van der Waals surface area contributed by atoms with E-state index in [0.717, 1.165) is 67.8 Å². The Labute approximate surface area is 505 Å². The lowest BCUT2D eigenvalue weighted by Crippen LogP contribution is -2.56. The van der Waals surface area contributed by atoms with Gasteiger partial charge in [0.05, 0.1) is 187 Å². The average molecular weight is 1230 g/mol. The number of fused-ring (bicyclic) bond motifs is 1. The van der Waals surface area contributed by atoms with Crippen molar-refractivity contribution in [3.63, 3.8) is 0 Å². The number of thioether (sulfide) groups is 1. The van der Waals surface area contributed by atoms with Crippen LogP contribution in [0.2, 0.25) is 5.02 Å². The number of aromatic nitrogens is 1. The highest BCUT2D eigenvalue weighted by Crippen LogP contribution is 2.39. The summed E-state index contributed by atoms with van der Waals surface area (Å²) >= 11 is 9.97. The van der Waals surface area contributed by atoms with Gasteiger partial charge in [-0.25, -0.2) is 15.6 Å². The lowest BCUT2D eigenvalue weighted by molar-refractivity contribution is -0.121. The summed E-state index contributed by atoms with van der Waals surface area (Å²) in [5, 5.41) is 12.9. The third kappa shape index (κ3) is 28.2. The summed E-state index contributed by atoms with van der Waals surface area (Å²) in [4.78, 5) is 32.5. The van der Waals surface area contributed by atoms with E-state index >= 15 is 0 Å². The van der Waals surface area contributed by atoms with Crippen LogP contribution in [0.5, 0.6) is 0 Å². The molecule has 7 N–H and O–H groups in total. The van der Waals surface area contributed by atoms with Gasteiger partial charge in [-0.1, -0.05) is 30.2 Å². The number of aryl methyl sites for hydroxylation is 2. The van der Waals surface area contributed by atoms with Crippen LogP contribution in [0.1, 0.15) is 78.4 Å². The van der Waals surface area contributed by atoms with Crippen LogP contribution in [-0.2, 0) is 68.1 Å². The van der Waals surface area contributed by atoms with Crippen LogP contribution in [0.15, 0.2) is 36.2 Å². The third-order valence-corrected chi connectivity index (χ3v) is 17.8. The van der Waals surface area contributed by atoms with Crippen molar-refractivity contribution in [1.82, 2.24) is 30.8 Å². The Balaban J connectivity index is 0.624. The molecule has 0 spiro atoms. The van der Waals surface area contributed by atoms with Crippen molar-refractivity contribution in [3.05, 3.63) is 62.3 Å². The van der Waals surface area contributed by atoms with Crippen molar-refractivity contribution in [2.75, 3.05) is 177 Å². The molecule has 0 radical (unpaired) electrons. The number of hydrazine groups is 1. The second kappa shape index (κ2) is 42.0. The Hall–Kier alpha value is -2.99. The largest absolute Gasteiger partial charge is 0.399 e. The van der Waals surface area contributed by atoms with Crippen LogP contribution in [0.4, 0.5) is 4.79 Å². The van der Waals surface area contributed by atoms with Crippen molar-refractivity contribution in [3.8, 4) is 0 Å². The Kier molecular flexibility index (Phi) is 35.0. The highest BCUT2D eigenvalue weighted by Gasteiger charge is 2.42. The van der Waals surface area contributed by atoms with Crippen LogP contribution >= 0.6 is 34.7 Å². The number of nitrogens with two attached hydrogens (primary N) is 2. The number of hydrogen-bond donors (Lipinski definition) is 5. The van der Waals surface area contributed by atoms with Gasteiger partial charge in [-0.2, -0.15) is 11.8 Å². The second-order valence-corrected chi connectivity index (χ2v) is 24.0. The molecule has 83 heavy (non-hydrogen) atoms. The number of rotatable bonds is 47. The van der Waals surface area contributed by atoms with Gasteiger partial charge in [-0.15, -0.1) is 11.3 Å². The fourth-order valence-corrected chi connectivity index (χ4v) is 13.0. The molecule has 4 aliphatic rings. The van der Waals surface area contributed by atoms with Crippen LogP contribution in [0.3, 0.4) is 0 Å². The number of halogens is 1. The summed E-state index contributed by atoms with van der Waals surface area (Å²) in [7, 11) is 0. The lowest BCUT2D eigenvalue weighted by Gasteiger charge is -2.46. The van der Waals surface area contributed by atoms with E-state index in [4.69, 9.17) is 85.0 Å². The van der Waals surface area contributed by atoms with Gasteiger partial charge < -0.3 is 83.5 Å². The molecule has 3 saturated heterocycles. The molecule has 0 bridgehead atoms. The predicted molar refractivity (Wildman–Crippen MR) is 321 cm³/mol. The van der Waals surface area contributed by atoms with E-state index in [1.807, 2.05) is 35.2 Å². The molecule has 1 aromatic heterocycles. The number of amides is 3. The molecular weight excluding hydrogens is 1130 g/mol. The topological polar surface area (TPSA) is 252 Å². The first-order valence-electron chi connectivity index (χ1n) is 30.0. The summed E-state index contributed by atoms with van der Waals surface area (Å²) in [6.07, 6.45) is 10.2.